The van der Waals surface area contributed by atoms with Gasteiger partial charge in [-0.3, -0.25) is 4.79 Å². The Morgan fingerprint density at radius 3 is 2.48 bits per heavy atom. The molecule has 7 nitrogen and oxygen atoms in total. The zero-order chi connectivity index (χ0) is 23.2. The lowest BCUT2D eigenvalue weighted by Gasteiger charge is -2.15. The van der Waals surface area contributed by atoms with Gasteiger partial charge in [-0.15, -0.1) is 0 Å². The first kappa shape index (κ1) is 22.2. The van der Waals surface area contributed by atoms with Crippen molar-refractivity contribution in [1.82, 2.24) is 20.0 Å². The van der Waals surface area contributed by atoms with E-state index in [-0.39, 0.29) is 5.56 Å². The summed E-state index contributed by atoms with van der Waals surface area (Å²) < 4.78 is 6.54. The van der Waals surface area contributed by atoms with Crippen LogP contribution in [0.15, 0.2) is 71.7 Å². The zero-order valence-electron chi connectivity index (χ0n) is 18.7. The zero-order valence-corrected chi connectivity index (χ0v) is 18.7. The second kappa shape index (κ2) is 10.1. The molecule has 7 heteroatoms. The number of aromatic nitrogens is 4. The molecule has 168 valence electrons. The molecule has 0 fully saturated rings. The van der Waals surface area contributed by atoms with E-state index in [0.29, 0.717) is 12.1 Å². The van der Waals surface area contributed by atoms with Crippen LogP contribution in [0.1, 0.15) is 41.4 Å². The van der Waals surface area contributed by atoms with Crippen molar-refractivity contribution in [2.45, 2.75) is 32.7 Å². The molecule has 0 saturated carbocycles. The second-order valence-electron chi connectivity index (χ2n) is 7.85. The van der Waals surface area contributed by atoms with E-state index in [2.05, 4.69) is 28.4 Å². The SMILES string of the molecule is CCCCc1cc(C(=O)OC)cc(=O)n1Cc1ccc(-c2ccccc2-c2cn[nH]n2)cc1. The molecule has 33 heavy (non-hydrogen) atoms. The number of hydrogen-bond donors (Lipinski definition) is 1. The Balaban J connectivity index is 1.64. The van der Waals surface area contributed by atoms with E-state index in [4.69, 9.17) is 4.74 Å². The lowest BCUT2D eigenvalue weighted by molar-refractivity contribution is 0.0600. The van der Waals surface area contributed by atoms with Crippen LogP contribution in [0.2, 0.25) is 0 Å². The number of nitrogens with one attached hydrogen (secondary N) is 1. The van der Waals surface area contributed by atoms with Crippen LogP contribution in [0, 0.1) is 0 Å². The summed E-state index contributed by atoms with van der Waals surface area (Å²) in [7, 11) is 1.32. The molecule has 0 bridgehead atoms. The lowest BCUT2D eigenvalue weighted by Crippen LogP contribution is -2.25. The van der Waals surface area contributed by atoms with Crippen LogP contribution < -0.4 is 5.56 Å². The third kappa shape index (κ3) is 4.92. The van der Waals surface area contributed by atoms with Gasteiger partial charge in [-0.2, -0.15) is 15.4 Å². The van der Waals surface area contributed by atoms with Gasteiger partial charge in [0.15, 0.2) is 0 Å². The number of benzene rings is 2. The molecule has 2 heterocycles. The number of hydrogen-bond acceptors (Lipinski definition) is 5. The van der Waals surface area contributed by atoms with E-state index in [0.717, 1.165) is 52.9 Å². The number of carbonyl (C=O) groups excluding carboxylic acids is 1. The number of unbranched alkanes of at least 4 members (excludes halogenated alkanes) is 1. The highest BCUT2D eigenvalue weighted by molar-refractivity contribution is 5.89. The average molecular weight is 443 g/mol. The largest absolute Gasteiger partial charge is 0.465 e. The van der Waals surface area contributed by atoms with Gasteiger partial charge < -0.3 is 9.30 Å². The Labute approximate surface area is 192 Å². The summed E-state index contributed by atoms with van der Waals surface area (Å²) in [5.74, 6) is -0.493. The summed E-state index contributed by atoms with van der Waals surface area (Å²) in [6.45, 7) is 2.53. The van der Waals surface area contributed by atoms with Crippen molar-refractivity contribution in [2.75, 3.05) is 7.11 Å². The van der Waals surface area contributed by atoms with Crippen molar-refractivity contribution in [3.8, 4) is 22.4 Å². The summed E-state index contributed by atoms with van der Waals surface area (Å²) in [5.41, 5.74) is 5.82. The Kier molecular flexibility index (Phi) is 6.78. The van der Waals surface area contributed by atoms with E-state index < -0.39 is 5.97 Å². The molecule has 0 aliphatic carbocycles. The molecule has 0 unspecified atom stereocenters. The minimum Gasteiger partial charge on any atom is -0.465 e. The highest BCUT2D eigenvalue weighted by Crippen LogP contribution is 2.30. The van der Waals surface area contributed by atoms with Gasteiger partial charge in [0.25, 0.3) is 5.56 Å². The summed E-state index contributed by atoms with van der Waals surface area (Å²) in [6.07, 6.45) is 4.35. The Morgan fingerprint density at radius 1 is 1.06 bits per heavy atom. The molecule has 0 aliphatic heterocycles. The molecule has 2 aromatic carbocycles. The van der Waals surface area contributed by atoms with Crippen molar-refractivity contribution < 1.29 is 9.53 Å². The predicted molar refractivity (Wildman–Crippen MR) is 127 cm³/mol. The number of carbonyl (C=O) groups is 1. The normalized spacial score (nSPS) is 10.8. The smallest absolute Gasteiger partial charge is 0.338 e. The van der Waals surface area contributed by atoms with Crippen molar-refractivity contribution in [3.63, 3.8) is 0 Å². The summed E-state index contributed by atoms with van der Waals surface area (Å²) in [4.78, 5) is 24.8. The minimum atomic E-state index is -0.493. The topological polar surface area (TPSA) is 89.9 Å². The molecule has 4 rings (SSSR count). The fourth-order valence-corrected chi connectivity index (χ4v) is 3.89. The van der Waals surface area contributed by atoms with Crippen molar-refractivity contribution >= 4 is 5.97 Å². The number of methoxy groups -OCH3 is 1. The molecule has 0 amide bonds. The van der Waals surface area contributed by atoms with Gasteiger partial charge in [0.2, 0.25) is 0 Å². The fraction of sp³-hybridized carbons (Fsp3) is 0.231. The lowest BCUT2D eigenvalue weighted by atomic mass is 9.97. The Morgan fingerprint density at radius 2 is 1.82 bits per heavy atom. The van der Waals surface area contributed by atoms with Gasteiger partial charge in [0, 0.05) is 17.3 Å². The number of ether oxygens (including phenoxy) is 1. The van der Waals surface area contributed by atoms with Crippen LogP contribution in [0.25, 0.3) is 22.4 Å². The molecule has 2 aromatic heterocycles. The van der Waals surface area contributed by atoms with Gasteiger partial charge in [-0.1, -0.05) is 61.9 Å². The first-order valence-corrected chi connectivity index (χ1v) is 11.0. The number of pyridine rings is 1. The fourth-order valence-electron chi connectivity index (χ4n) is 3.89. The number of H-pyrrole nitrogens is 1. The maximum absolute atomic E-state index is 12.9. The Hall–Kier alpha value is -4.00. The van der Waals surface area contributed by atoms with Gasteiger partial charge in [-0.25, -0.2) is 4.79 Å². The standard InChI is InChI=1S/C26H26N4O3/c1-3-4-7-21-14-20(26(32)33-2)15-25(31)30(21)17-18-10-12-19(13-11-18)22-8-5-6-9-23(22)24-16-27-29-28-24/h5-6,8-16H,3-4,7,17H2,1-2H3,(H,27,28,29). The maximum atomic E-state index is 12.9. The van der Waals surface area contributed by atoms with Gasteiger partial charge >= 0.3 is 5.97 Å². The molecular formula is C26H26N4O3. The van der Waals surface area contributed by atoms with Crippen LogP contribution in [0.5, 0.6) is 0 Å². The number of aryl methyl sites for hydroxylation is 1. The van der Waals surface area contributed by atoms with E-state index in [9.17, 15) is 9.59 Å². The van der Waals surface area contributed by atoms with Gasteiger partial charge in [0.05, 0.1) is 25.4 Å². The van der Waals surface area contributed by atoms with E-state index in [1.165, 1.54) is 13.2 Å². The van der Waals surface area contributed by atoms with Crippen LogP contribution in [-0.4, -0.2) is 33.1 Å². The number of nitrogens with zero attached hydrogens (tertiary/aromatic N) is 3. The second-order valence-corrected chi connectivity index (χ2v) is 7.85. The number of aromatic amines is 1. The van der Waals surface area contributed by atoms with Crippen LogP contribution in [-0.2, 0) is 17.7 Å². The van der Waals surface area contributed by atoms with Gasteiger partial charge in [0.1, 0.15) is 5.69 Å². The molecule has 1 N–H and O–H groups in total. The monoisotopic (exact) mass is 442 g/mol. The Bertz CT molecular complexity index is 1290. The average Bonchev–Trinajstić information content (AvgIpc) is 3.39. The number of rotatable bonds is 8. The summed E-state index contributed by atoms with van der Waals surface area (Å²) in [6, 6.07) is 19.3. The predicted octanol–water partition coefficient (Wildman–Crippen LogP) is 4.48. The molecule has 0 saturated heterocycles. The first-order valence-electron chi connectivity index (χ1n) is 11.0. The maximum Gasteiger partial charge on any atom is 0.338 e. The van der Waals surface area contributed by atoms with Crippen molar-refractivity contribution in [2.24, 2.45) is 0 Å². The summed E-state index contributed by atoms with van der Waals surface area (Å²) >= 11 is 0. The highest BCUT2D eigenvalue weighted by atomic mass is 16.5. The third-order valence-corrected chi connectivity index (χ3v) is 5.65. The van der Waals surface area contributed by atoms with Crippen LogP contribution in [0.3, 0.4) is 0 Å². The minimum absolute atomic E-state index is 0.204. The van der Waals surface area contributed by atoms with E-state index in [1.54, 1.807) is 16.8 Å². The quantitative estimate of drug-likeness (QED) is 0.407. The van der Waals surface area contributed by atoms with Crippen molar-refractivity contribution in [3.05, 3.63) is 94.0 Å². The van der Waals surface area contributed by atoms with E-state index in [1.807, 2.05) is 42.5 Å². The molecule has 0 radical (unpaired) electrons. The van der Waals surface area contributed by atoms with Crippen LogP contribution >= 0.6 is 0 Å². The third-order valence-electron chi connectivity index (χ3n) is 5.65. The van der Waals surface area contributed by atoms with E-state index >= 15 is 0 Å². The van der Waals surface area contributed by atoms with Gasteiger partial charge in [-0.05, 0) is 35.6 Å². The van der Waals surface area contributed by atoms with Crippen molar-refractivity contribution in [1.29, 1.82) is 0 Å². The molecule has 0 aliphatic rings. The molecule has 4 aromatic rings. The first-order chi connectivity index (χ1) is 16.1. The summed E-state index contributed by atoms with van der Waals surface area (Å²) in [5, 5.41) is 10.8. The highest BCUT2D eigenvalue weighted by Gasteiger charge is 2.14. The van der Waals surface area contributed by atoms with Crippen LogP contribution in [0.4, 0.5) is 0 Å². The number of esters is 1. The molecule has 0 atom stereocenters. The molecule has 0 spiro atoms. The molecular weight excluding hydrogens is 416 g/mol.